The summed E-state index contributed by atoms with van der Waals surface area (Å²) < 4.78 is 26.5. The van der Waals surface area contributed by atoms with E-state index in [1.807, 2.05) is 6.07 Å². The van der Waals surface area contributed by atoms with Crippen LogP contribution < -0.4 is 0 Å². The Labute approximate surface area is 108 Å². The van der Waals surface area contributed by atoms with Gasteiger partial charge in [0.1, 0.15) is 0 Å². The average Bonchev–Trinajstić information content (AvgIpc) is 2.38. The lowest BCUT2D eigenvalue weighted by Gasteiger charge is -2.34. The highest BCUT2D eigenvalue weighted by atomic mass is 19.3. The van der Waals surface area contributed by atoms with Gasteiger partial charge in [-0.05, 0) is 36.7 Å². The third-order valence-corrected chi connectivity index (χ3v) is 4.16. The number of hydrogen-bond acceptors (Lipinski definition) is 0. The largest absolute Gasteiger partial charge is 0.248 e. The van der Waals surface area contributed by atoms with E-state index in [0.29, 0.717) is 24.7 Å². The van der Waals surface area contributed by atoms with Crippen LogP contribution in [0.25, 0.3) is 0 Å². The van der Waals surface area contributed by atoms with Gasteiger partial charge in [-0.25, -0.2) is 8.78 Å². The van der Waals surface area contributed by atoms with Crippen LogP contribution in [-0.4, -0.2) is 5.92 Å². The van der Waals surface area contributed by atoms with E-state index in [9.17, 15) is 8.78 Å². The number of rotatable bonds is 4. The van der Waals surface area contributed by atoms with E-state index in [1.165, 1.54) is 5.56 Å². The summed E-state index contributed by atoms with van der Waals surface area (Å²) in [5, 5.41) is 0. The van der Waals surface area contributed by atoms with Gasteiger partial charge in [-0.1, -0.05) is 43.7 Å². The van der Waals surface area contributed by atoms with Gasteiger partial charge in [0.15, 0.2) is 0 Å². The second-order valence-corrected chi connectivity index (χ2v) is 5.50. The van der Waals surface area contributed by atoms with Gasteiger partial charge in [0.05, 0.1) is 0 Å². The maximum Gasteiger partial charge on any atom is 0.248 e. The fourth-order valence-electron chi connectivity index (χ4n) is 3.15. The van der Waals surface area contributed by atoms with Crippen molar-refractivity contribution in [2.24, 2.45) is 5.92 Å². The van der Waals surface area contributed by atoms with Crippen molar-refractivity contribution in [1.82, 2.24) is 0 Å². The summed E-state index contributed by atoms with van der Waals surface area (Å²) in [5.41, 5.74) is 1.33. The van der Waals surface area contributed by atoms with E-state index in [1.54, 1.807) is 0 Å². The predicted octanol–water partition coefficient (Wildman–Crippen LogP) is 5.40. The van der Waals surface area contributed by atoms with Crippen LogP contribution in [0.1, 0.15) is 56.9 Å². The SMILES string of the molecule is CCCC(c1ccccc1)C1CCC(F)(F)CC1. The number of alkyl halides is 2. The van der Waals surface area contributed by atoms with E-state index in [4.69, 9.17) is 0 Å². The van der Waals surface area contributed by atoms with Crippen LogP contribution in [0.5, 0.6) is 0 Å². The quantitative estimate of drug-likeness (QED) is 0.673. The second-order valence-electron chi connectivity index (χ2n) is 5.50. The van der Waals surface area contributed by atoms with Crippen molar-refractivity contribution >= 4 is 0 Å². The van der Waals surface area contributed by atoms with E-state index in [0.717, 1.165) is 12.8 Å². The van der Waals surface area contributed by atoms with E-state index >= 15 is 0 Å². The van der Waals surface area contributed by atoms with Gasteiger partial charge < -0.3 is 0 Å². The first-order valence-electron chi connectivity index (χ1n) is 7.05. The molecule has 0 heterocycles. The molecule has 1 saturated carbocycles. The summed E-state index contributed by atoms with van der Waals surface area (Å²) >= 11 is 0. The topological polar surface area (TPSA) is 0 Å². The first kappa shape index (κ1) is 13.5. The molecule has 1 atom stereocenters. The molecule has 0 aliphatic heterocycles. The molecule has 0 spiro atoms. The summed E-state index contributed by atoms with van der Waals surface area (Å²) in [7, 11) is 0. The highest BCUT2D eigenvalue weighted by Crippen LogP contribution is 2.43. The standard InChI is InChI=1S/C16H22F2/c1-2-6-15(13-7-4-3-5-8-13)14-9-11-16(17,18)12-10-14/h3-5,7-8,14-15H,2,6,9-12H2,1H3. The fourth-order valence-corrected chi connectivity index (χ4v) is 3.15. The highest BCUT2D eigenvalue weighted by molar-refractivity contribution is 5.20. The number of hydrogen-bond donors (Lipinski definition) is 0. The van der Waals surface area contributed by atoms with Gasteiger partial charge in [0.25, 0.3) is 0 Å². The molecule has 0 nitrogen and oxygen atoms in total. The van der Waals surface area contributed by atoms with Crippen LogP contribution >= 0.6 is 0 Å². The van der Waals surface area contributed by atoms with Crippen molar-refractivity contribution < 1.29 is 8.78 Å². The Morgan fingerprint density at radius 2 is 1.78 bits per heavy atom. The molecule has 18 heavy (non-hydrogen) atoms. The van der Waals surface area contributed by atoms with Crippen LogP contribution in [0.4, 0.5) is 8.78 Å². The van der Waals surface area contributed by atoms with Crippen molar-refractivity contribution in [3.8, 4) is 0 Å². The second kappa shape index (κ2) is 5.81. The zero-order valence-electron chi connectivity index (χ0n) is 11.0. The smallest absolute Gasteiger partial charge is 0.207 e. The molecule has 2 heteroatoms. The normalized spacial score (nSPS) is 21.7. The van der Waals surface area contributed by atoms with E-state index in [2.05, 4.69) is 31.2 Å². The molecule has 0 radical (unpaired) electrons. The lowest BCUT2D eigenvalue weighted by molar-refractivity contribution is -0.0488. The van der Waals surface area contributed by atoms with E-state index < -0.39 is 5.92 Å². The maximum atomic E-state index is 13.2. The minimum atomic E-state index is -2.41. The van der Waals surface area contributed by atoms with Crippen LogP contribution in [0, 0.1) is 5.92 Å². The summed E-state index contributed by atoms with van der Waals surface area (Å²) in [6, 6.07) is 10.4. The molecule has 1 aliphatic carbocycles. The van der Waals surface area contributed by atoms with Gasteiger partial charge >= 0.3 is 0 Å². The zero-order chi connectivity index (χ0) is 13.0. The predicted molar refractivity (Wildman–Crippen MR) is 71.0 cm³/mol. The molecule has 0 N–H and O–H groups in total. The molecule has 2 rings (SSSR count). The molecule has 1 aliphatic rings. The molecular weight excluding hydrogens is 230 g/mol. The molecule has 1 aromatic carbocycles. The van der Waals surface area contributed by atoms with Crippen LogP contribution in [0.3, 0.4) is 0 Å². The summed E-state index contributed by atoms with van der Waals surface area (Å²) in [5.74, 6) is -1.51. The van der Waals surface area contributed by atoms with Gasteiger partial charge in [-0.3, -0.25) is 0 Å². The third kappa shape index (κ3) is 3.30. The molecule has 1 unspecified atom stereocenters. The number of halogens is 2. The first-order valence-corrected chi connectivity index (χ1v) is 7.05. The molecule has 0 amide bonds. The molecule has 100 valence electrons. The van der Waals surface area contributed by atoms with Crippen molar-refractivity contribution in [3.63, 3.8) is 0 Å². The van der Waals surface area contributed by atoms with E-state index in [-0.39, 0.29) is 12.8 Å². The Hall–Kier alpha value is -0.920. The Kier molecular flexibility index (Phi) is 4.36. The Bertz CT molecular complexity index is 349. The Balaban J connectivity index is 2.07. The van der Waals surface area contributed by atoms with Gasteiger partial charge in [-0.2, -0.15) is 0 Å². The summed E-state index contributed by atoms with van der Waals surface area (Å²) in [6.07, 6.45) is 3.72. The third-order valence-electron chi connectivity index (χ3n) is 4.16. The molecule has 0 saturated heterocycles. The van der Waals surface area contributed by atoms with Crippen LogP contribution in [0.2, 0.25) is 0 Å². The Morgan fingerprint density at radius 1 is 1.17 bits per heavy atom. The van der Waals surface area contributed by atoms with Crippen molar-refractivity contribution in [2.75, 3.05) is 0 Å². The molecule has 0 bridgehead atoms. The molecule has 1 aromatic rings. The van der Waals surface area contributed by atoms with Gasteiger partial charge in [0.2, 0.25) is 5.92 Å². The fraction of sp³-hybridized carbons (Fsp3) is 0.625. The summed E-state index contributed by atoms with van der Waals surface area (Å²) in [6.45, 7) is 2.17. The van der Waals surface area contributed by atoms with Crippen LogP contribution in [0.15, 0.2) is 30.3 Å². The molecular formula is C16H22F2. The first-order chi connectivity index (χ1) is 8.62. The lowest BCUT2D eigenvalue weighted by Crippen LogP contribution is -2.27. The highest BCUT2D eigenvalue weighted by Gasteiger charge is 2.37. The average molecular weight is 252 g/mol. The van der Waals surface area contributed by atoms with Gasteiger partial charge in [0, 0.05) is 12.8 Å². The van der Waals surface area contributed by atoms with Gasteiger partial charge in [-0.15, -0.1) is 0 Å². The molecule has 1 fully saturated rings. The Morgan fingerprint density at radius 3 is 2.33 bits per heavy atom. The van der Waals surface area contributed by atoms with Crippen molar-refractivity contribution in [2.45, 2.75) is 57.3 Å². The van der Waals surface area contributed by atoms with Crippen molar-refractivity contribution in [3.05, 3.63) is 35.9 Å². The zero-order valence-corrected chi connectivity index (χ0v) is 11.0. The monoisotopic (exact) mass is 252 g/mol. The lowest BCUT2D eigenvalue weighted by atomic mass is 9.74. The molecule has 0 aromatic heterocycles. The number of benzene rings is 1. The minimum absolute atomic E-state index is 0.0741. The maximum absolute atomic E-state index is 13.2. The minimum Gasteiger partial charge on any atom is -0.207 e. The van der Waals surface area contributed by atoms with Crippen molar-refractivity contribution in [1.29, 1.82) is 0 Å². The van der Waals surface area contributed by atoms with Crippen LogP contribution in [-0.2, 0) is 0 Å². The summed E-state index contributed by atoms with van der Waals surface area (Å²) in [4.78, 5) is 0.